The van der Waals surface area contributed by atoms with E-state index in [0.717, 1.165) is 24.1 Å². The van der Waals surface area contributed by atoms with Crippen LogP contribution in [0.25, 0.3) is 0 Å². The molecule has 8 heteroatoms. The number of carbonyl (C=O) groups is 3. The van der Waals surface area contributed by atoms with Crippen molar-refractivity contribution in [1.82, 2.24) is 19.6 Å². The van der Waals surface area contributed by atoms with Crippen molar-refractivity contribution in [3.8, 4) is 0 Å². The van der Waals surface area contributed by atoms with E-state index in [1.54, 1.807) is 19.0 Å². The van der Waals surface area contributed by atoms with Crippen molar-refractivity contribution in [2.75, 3.05) is 71.8 Å². The first-order valence-corrected chi connectivity index (χ1v) is 11.1. The number of nitrogens with one attached hydrogen (secondary N) is 1. The van der Waals surface area contributed by atoms with Crippen LogP contribution in [0.4, 0.5) is 5.69 Å². The molecule has 0 radical (unpaired) electrons. The Bertz CT molecular complexity index is 744. The molecular weight excluding hydrogens is 394 g/mol. The van der Waals surface area contributed by atoms with Gasteiger partial charge in [-0.15, -0.1) is 0 Å². The first-order chi connectivity index (χ1) is 14.8. The minimum Gasteiger partial charge on any atom is -0.348 e. The SMILES string of the molecule is CCCN(CC(=O)N(C)C)CC(=O)N1CCN(CC(=O)Nc2ccccc2CC)CC1. The quantitative estimate of drug-likeness (QED) is 0.601. The summed E-state index contributed by atoms with van der Waals surface area (Å²) in [6, 6.07) is 7.85. The Labute approximate surface area is 186 Å². The highest BCUT2D eigenvalue weighted by molar-refractivity contribution is 5.93. The lowest BCUT2D eigenvalue weighted by Gasteiger charge is -2.35. The topological polar surface area (TPSA) is 76.2 Å². The number of rotatable bonds is 10. The molecule has 1 fully saturated rings. The maximum Gasteiger partial charge on any atom is 0.238 e. The Hall–Kier alpha value is -2.45. The summed E-state index contributed by atoms with van der Waals surface area (Å²) in [7, 11) is 3.45. The third-order valence-corrected chi connectivity index (χ3v) is 5.52. The predicted octanol–water partition coefficient (Wildman–Crippen LogP) is 1.13. The van der Waals surface area contributed by atoms with Crippen molar-refractivity contribution in [2.45, 2.75) is 26.7 Å². The molecule has 1 aliphatic rings. The minimum atomic E-state index is -0.0306. The molecule has 1 aliphatic heterocycles. The Morgan fingerprint density at radius 3 is 2.29 bits per heavy atom. The summed E-state index contributed by atoms with van der Waals surface area (Å²) in [5.74, 6) is 0.0136. The lowest BCUT2D eigenvalue weighted by atomic mass is 10.1. The maximum atomic E-state index is 12.7. The fourth-order valence-electron chi connectivity index (χ4n) is 3.65. The third kappa shape index (κ3) is 7.95. The van der Waals surface area contributed by atoms with E-state index >= 15 is 0 Å². The summed E-state index contributed by atoms with van der Waals surface area (Å²) in [6.07, 6.45) is 1.75. The fraction of sp³-hybridized carbons (Fsp3) is 0.609. The largest absolute Gasteiger partial charge is 0.348 e. The van der Waals surface area contributed by atoms with Crippen molar-refractivity contribution in [3.05, 3.63) is 29.8 Å². The minimum absolute atomic E-state index is 0.00160. The van der Waals surface area contributed by atoms with Crippen LogP contribution in [0.1, 0.15) is 25.8 Å². The highest BCUT2D eigenvalue weighted by Gasteiger charge is 2.24. The van der Waals surface area contributed by atoms with Crippen molar-refractivity contribution in [2.24, 2.45) is 0 Å². The monoisotopic (exact) mass is 431 g/mol. The van der Waals surface area contributed by atoms with Gasteiger partial charge in [0.05, 0.1) is 19.6 Å². The molecule has 1 aromatic carbocycles. The summed E-state index contributed by atoms with van der Waals surface area (Å²) in [5.41, 5.74) is 1.99. The van der Waals surface area contributed by atoms with Crippen LogP contribution >= 0.6 is 0 Å². The zero-order valence-electron chi connectivity index (χ0n) is 19.4. The molecular formula is C23H37N5O3. The zero-order chi connectivity index (χ0) is 22.8. The van der Waals surface area contributed by atoms with E-state index in [0.29, 0.717) is 39.3 Å². The van der Waals surface area contributed by atoms with Gasteiger partial charge in [-0.1, -0.05) is 32.0 Å². The molecule has 0 aromatic heterocycles. The van der Waals surface area contributed by atoms with Crippen molar-refractivity contribution < 1.29 is 14.4 Å². The Morgan fingerprint density at radius 2 is 1.68 bits per heavy atom. The second-order valence-corrected chi connectivity index (χ2v) is 8.21. The molecule has 0 spiro atoms. The van der Waals surface area contributed by atoms with Crippen molar-refractivity contribution >= 4 is 23.4 Å². The molecule has 8 nitrogen and oxygen atoms in total. The average Bonchev–Trinajstić information content (AvgIpc) is 2.74. The van der Waals surface area contributed by atoms with Crippen molar-refractivity contribution in [1.29, 1.82) is 0 Å². The number of para-hydroxylation sites is 1. The average molecular weight is 432 g/mol. The number of piperazine rings is 1. The summed E-state index contributed by atoms with van der Waals surface area (Å²) >= 11 is 0. The normalized spacial score (nSPS) is 14.5. The molecule has 1 N–H and O–H groups in total. The predicted molar refractivity (Wildman–Crippen MR) is 123 cm³/mol. The second kappa shape index (κ2) is 12.4. The highest BCUT2D eigenvalue weighted by atomic mass is 16.2. The van der Waals surface area contributed by atoms with Gasteiger partial charge in [-0.2, -0.15) is 0 Å². The zero-order valence-corrected chi connectivity index (χ0v) is 19.4. The van der Waals surface area contributed by atoms with Gasteiger partial charge in [0.25, 0.3) is 0 Å². The van der Waals surface area contributed by atoms with Crippen molar-refractivity contribution in [3.63, 3.8) is 0 Å². The van der Waals surface area contributed by atoms with Crippen LogP contribution in [0.3, 0.4) is 0 Å². The maximum absolute atomic E-state index is 12.7. The van der Waals surface area contributed by atoms with Gasteiger partial charge in [0.1, 0.15) is 0 Å². The first kappa shape index (κ1) is 24.8. The number of likely N-dealkylation sites (N-methyl/N-ethyl adjacent to an activating group) is 1. The molecule has 3 amide bonds. The number of benzene rings is 1. The third-order valence-electron chi connectivity index (χ3n) is 5.52. The Kier molecular flexibility index (Phi) is 9.94. The van der Waals surface area contributed by atoms with Gasteiger partial charge in [-0.05, 0) is 31.0 Å². The van der Waals surface area contributed by atoms with Crippen LogP contribution in [-0.2, 0) is 20.8 Å². The standard InChI is InChI=1S/C23H37N5O3/c1-5-11-27(17-22(30)25(3)4)18-23(31)28-14-12-26(13-15-28)16-21(29)24-20-10-8-7-9-19(20)6-2/h7-10H,5-6,11-18H2,1-4H3,(H,24,29). The number of carbonyl (C=O) groups excluding carboxylic acids is 3. The second-order valence-electron chi connectivity index (χ2n) is 8.21. The summed E-state index contributed by atoms with van der Waals surface area (Å²) in [4.78, 5) is 44.6. The van der Waals surface area contributed by atoms with Gasteiger partial charge < -0.3 is 15.1 Å². The number of nitrogens with zero attached hydrogens (tertiary/aromatic N) is 4. The fourth-order valence-corrected chi connectivity index (χ4v) is 3.65. The van der Waals surface area contributed by atoms with Gasteiger partial charge in [-0.3, -0.25) is 24.2 Å². The first-order valence-electron chi connectivity index (χ1n) is 11.1. The van der Waals surface area contributed by atoms with Gasteiger partial charge in [0.15, 0.2) is 0 Å². The number of anilines is 1. The van der Waals surface area contributed by atoms with E-state index in [1.165, 1.54) is 0 Å². The van der Waals surface area contributed by atoms with E-state index in [9.17, 15) is 14.4 Å². The Balaban J connectivity index is 1.79. The summed E-state index contributed by atoms with van der Waals surface area (Å²) in [5, 5.41) is 3.01. The van der Waals surface area contributed by atoms with E-state index < -0.39 is 0 Å². The molecule has 1 heterocycles. The van der Waals surface area contributed by atoms with Gasteiger partial charge in [0, 0.05) is 46.0 Å². The molecule has 0 saturated carbocycles. The van der Waals surface area contributed by atoms with E-state index in [-0.39, 0.29) is 30.8 Å². The van der Waals surface area contributed by atoms with E-state index in [2.05, 4.69) is 17.1 Å². The number of hydrogen-bond donors (Lipinski definition) is 1. The van der Waals surface area contributed by atoms with Gasteiger partial charge in [0.2, 0.25) is 17.7 Å². The molecule has 0 bridgehead atoms. The van der Waals surface area contributed by atoms with Gasteiger partial charge in [-0.25, -0.2) is 0 Å². The Morgan fingerprint density at radius 1 is 1.00 bits per heavy atom. The molecule has 0 unspecified atom stereocenters. The molecule has 0 aliphatic carbocycles. The van der Waals surface area contributed by atoms with Crippen LogP contribution in [-0.4, -0.2) is 104 Å². The summed E-state index contributed by atoms with van der Waals surface area (Å²) in [6.45, 7) is 8.17. The number of aryl methyl sites for hydroxylation is 1. The lowest BCUT2D eigenvalue weighted by molar-refractivity contribution is -0.136. The molecule has 2 rings (SSSR count). The van der Waals surface area contributed by atoms with Crippen LogP contribution in [0.2, 0.25) is 0 Å². The molecule has 31 heavy (non-hydrogen) atoms. The molecule has 0 atom stereocenters. The highest BCUT2D eigenvalue weighted by Crippen LogP contribution is 2.15. The number of amides is 3. The van der Waals surface area contributed by atoms with Gasteiger partial charge >= 0.3 is 0 Å². The van der Waals surface area contributed by atoms with Crippen LogP contribution < -0.4 is 5.32 Å². The molecule has 1 aromatic rings. The van der Waals surface area contributed by atoms with Crippen LogP contribution in [0.15, 0.2) is 24.3 Å². The molecule has 172 valence electrons. The molecule has 1 saturated heterocycles. The number of hydrogen-bond acceptors (Lipinski definition) is 5. The van der Waals surface area contributed by atoms with Crippen LogP contribution in [0, 0.1) is 0 Å². The smallest absolute Gasteiger partial charge is 0.238 e. The van der Waals surface area contributed by atoms with E-state index in [1.807, 2.05) is 41.0 Å². The van der Waals surface area contributed by atoms with E-state index in [4.69, 9.17) is 0 Å². The summed E-state index contributed by atoms with van der Waals surface area (Å²) < 4.78 is 0. The van der Waals surface area contributed by atoms with Crippen LogP contribution in [0.5, 0.6) is 0 Å². The lowest BCUT2D eigenvalue weighted by Crippen LogP contribution is -2.53.